The monoisotopic (exact) mass is 228 g/mol. The fourth-order valence-electron chi connectivity index (χ4n) is 1.41. The zero-order valence-electron chi connectivity index (χ0n) is 9.49. The van der Waals surface area contributed by atoms with E-state index in [0.717, 1.165) is 30.9 Å². The Morgan fingerprint density at radius 1 is 1.53 bits per heavy atom. The number of aromatic nitrogens is 1. The van der Waals surface area contributed by atoms with Crippen molar-refractivity contribution in [2.24, 2.45) is 0 Å². The number of hydrogen-bond donors (Lipinski definition) is 2. The SMILES string of the molecule is CCCNCCC(C)(O)Cc1nccs1. The molecule has 86 valence electrons. The van der Waals surface area contributed by atoms with E-state index in [-0.39, 0.29) is 0 Å². The van der Waals surface area contributed by atoms with Crippen LogP contribution in [0.25, 0.3) is 0 Å². The molecule has 0 saturated carbocycles. The fraction of sp³-hybridized carbons (Fsp3) is 0.727. The molecule has 0 amide bonds. The Hall–Kier alpha value is -0.450. The van der Waals surface area contributed by atoms with Gasteiger partial charge in [-0.25, -0.2) is 4.98 Å². The molecule has 0 aliphatic carbocycles. The van der Waals surface area contributed by atoms with Gasteiger partial charge in [-0.3, -0.25) is 0 Å². The van der Waals surface area contributed by atoms with E-state index in [1.165, 1.54) is 0 Å². The molecule has 1 heterocycles. The molecule has 1 aromatic rings. The van der Waals surface area contributed by atoms with Crippen LogP contribution < -0.4 is 5.32 Å². The maximum absolute atomic E-state index is 10.1. The molecular formula is C11H20N2OS. The predicted octanol–water partition coefficient (Wildman–Crippen LogP) is 1.83. The van der Waals surface area contributed by atoms with Crippen LogP contribution >= 0.6 is 11.3 Å². The fourth-order valence-corrected chi connectivity index (χ4v) is 2.21. The minimum atomic E-state index is -0.640. The van der Waals surface area contributed by atoms with Crippen LogP contribution in [-0.2, 0) is 6.42 Å². The Bertz CT molecular complexity index is 260. The first-order valence-corrected chi connectivity index (χ1v) is 6.33. The summed E-state index contributed by atoms with van der Waals surface area (Å²) in [5.41, 5.74) is -0.640. The van der Waals surface area contributed by atoms with E-state index < -0.39 is 5.60 Å². The van der Waals surface area contributed by atoms with Gasteiger partial charge in [0.1, 0.15) is 0 Å². The lowest BCUT2D eigenvalue weighted by atomic mass is 9.98. The third kappa shape index (κ3) is 5.25. The van der Waals surface area contributed by atoms with Gasteiger partial charge in [-0.05, 0) is 32.9 Å². The van der Waals surface area contributed by atoms with Gasteiger partial charge in [0, 0.05) is 18.0 Å². The smallest absolute Gasteiger partial charge is 0.0953 e. The highest BCUT2D eigenvalue weighted by Gasteiger charge is 2.21. The second-order valence-corrected chi connectivity index (χ2v) is 5.08. The first-order valence-electron chi connectivity index (χ1n) is 5.45. The van der Waals surface area contributed by atoms with Crippen molar-refractivity contribution in [3.8, 4) is 0 Å². The summed E-state index contributed by atoms with van der Waals surface area (Å²) in [7, 11) is 0. The Kier molecular flexibility index (Phi) is 5.22. The van der Waals surface area contributed by atoms with Crippen molar-refractivity contribution in [2.75, 3.05) is 13.1 Å². The molecule has 1 unspecified atom stereocenters. The molecule has 2 N–H and O–H groups in total. The van der Waals surface area contributed by atoms with Crippen LogP contribution in [0.1, 0.15) is 31.7 Å². The van der Waals surface area contributed by atoms with Crippen molar-refractivity contribution in [2.45, 2.75) is 38.7 Å². The molecule has 0 aliphatic rings. The van der Waals surface area contributed by atoms with Gasteiger partial charge in [0.15, 0.2) is 0 Å². The molecule has 4 heteroatoms. The van der Waals surface area contributed by atoms with Crippen molar-refractivity contribution in [1.29, 1.82) is 0 Å². The largest absolute Gasteiger partial charge is 0.390 e. The predicted molar refractivity (Wildman–Crippen MR) is 64.2 cm³/mol. The van der Waals surface area contributed by atoms with Crippen LogP contribution in [0, 0.1) is 0 Å². The third-order valence-corrected chi connectivity index (χ3v) is 3.06. The van der Waals surface area contributed by atoms with Crippen LogP contribution in [0.15, 0.2) is 11.6 Å². The molecule has 0 bridgehead atoms. The highest BCUT2D eigenvalue weighted by molar-refractivity contribution is 7.09. The number of nitrogens with one attached hydrogen (secondary N) is 1. The highest BCUT2D eigenvalue weighted by Crippen LogP contribution is 2.17. The lowest BCUT2D eigenvalue weighted by molar-refractivity contribution is 0.0515. The molecule has 0 saturated heterocycles. The molecule has 0 aliphatic heterocycles. The first kappa shape index (κ1) is 12.6. The van der Waals surface area contributed by atoms with Crippen molar-refractivity contribution in [3.63, 3.8) is 0 Å². The molecular weight excluding hydrogens is 208 g/mol. The average Bonchev–Trinajstić information content (AvgIpc) is 2.64. The summed E-state index contributed by atoms with van der Waals surface area (Å²) in [6, 6.07) is 0. The Labute approximate surface area is 95.6 Å². The van der Waals surface area contributed by atoms with Gasteiger partial charge in [0.25, 0.3) is 0 Å². The summed E-state index contributed by atoms with van der Waals surface area (Å²) in [6.45, 7) is 5.91. The first-order chi connectivity index (χ1) is 7.14. The van der Waals surface area contributed by atoms with Crippen molar-refractivity contribution in [3.05, 3.63) is 16.6 Å². The Morgan fingerprint density at radius 2 is 2.33 bits per heavy atom. The Balaban J connectivity index is 2.25. The number of nitrogens with zero attached hydrogens (tertiary/aromatic N) is 1. The molecule has 15 heavy (non-hydrogen) atoms. The van der Waals surface area contributed by atoms with E-state index in [0.29, 0.717) is 6.42 Å². The van der Waals surface area contributed by atoms with Crippen LogP contribution in [0.3, 0.4) is 0 Å². The number of aliphatic hydroxyl groups is 1. The van der Waals surface area contributed by atoms with Gasteiger partial charge in [0.05, 0.1) is 10.6 Å². The maximum Gasteiger partial charge on any atom is 0.0953 e. The van der Waals surface area contributed by atoms with Gasteiger partial charge in [-0.15, -0.1) is 11.3 Å². The number of thiazole rings is 1. The summed E-state index contributed by atoms with van der Waals surface area (Å²) in [5, 5.41) is 16.4. The summed E-state index contributed by atoms with van der Waals surface area (Å²) in [6.07, 6.45) is 4.34. The van der Waals surface area contributed by atoms with Gasteiger partial charge in [-0.1, -0.05) is 6.92 Å². The minimum Gasteiger partial charge on any atom is -0.390 e. The molecule has 0 radical (unpaired) electrons. The van der Waals surface area contributed by atoms with Crippen molar-refractivity contribution >= 4 is 11.3 Å². The third-order valence-electron chi connectivity index (χ3n) is 2.28. The summed E-state index contributed by atoms with van der Waals surface area (Å²) in [4.78, 5) is 4.18. The van der Waals surface area contributed by atoms with Gasteiger partial charge < -0.3 is 10.4 Å². The molecule has 0 aromatic carbocycles. The standard InChI is InChI=1S/C11H20N2OS/c1-3-5-12-6-4-11(2,14)9-10-13-7-8-15-10/h7-8,12,14H,3-6,9H2,1-2H3. The molecule has 0 spiro atoms. The van der Waals surface area contributed by atoms with Crippen molar-refractivity contribution < 1.29 is 5.11 Å². The molecule has 3 nitrogen and oxygen atoms in total. The summed E-state index contributed by atoms with van der Waals surface area (Å²) < 4.78 is 0. The molecule has 1 atom stereocenters. The van der Waals surface area contributed by atoms with E-state index in [1.807, 2.05) is 12.3 Å². The van der Waals surface area contributed by atoms with E-state index in [9.17, 15) is 5.11 Å². The van der Waals surface area contributed by atoms with E-state index in [1.54, 1.807) is 17.5 Å². The van der Waals surface area contributed by atoms with Crippen LogP contribution in [0.2, 0.25) is 0 Å². The van der Waals surface area contributed by atoms with Gasteiger partial charge in [-0.2, -0.15) is 0 Å². The Morgan fingerprint density at radius 3 is 2.93 bits per heavy atom. The average molecular weight is 228 g/mol. The van der Waals surface area contributed by atoms with E-state index >= 15 is 0 Å². The van der Waals surface area contributed by atoms with Crippen LogP contribution in [0.5, 0.6) is 0 Å². The number of rotatable bonds is 7. The molecule has 1 rings (SSSR count). The quantitative estimate of drug-likeness (QED) is 0.700. The minimum absolute atomic E-state index is 0.640. The van der Waals surface area contributed by atoms with Gasteiger partial charge in [0.2, 0.25) is 0 Å². The lowest BCUT2D eigenvalue weighted by Gasteiger charge is -2.22. The van der Waals surface area contributed by atoms with Crippen LogP contribution in [0.4, 0.5) is 0 Å². The summed E-state index contributed by atoms with van der Waals surface area (Å²) >= 11 is 1.60. The van der Waals surface area contributed by atoms with Crippen LogP contribution in [-0.4, -0.2) is 28.8 Å². The number of hydrogen-bond acceptors (Lipinski definition) is 4. The van der Waals surface area contributed by atoms with Crippen molar-refractivity contribution in [1.82, 2.24) is 10.3 Å². The zero-order chi connectivity index (χ0) is 11.1. The molecule has 1 aromatic heterocycles. The highest BCUT2D eigenvalue weighted by atomic mass is 32.1. The molecule has 0 fully saturated rings. The summed E-state index contributed by atoms with van der Waals surface area (Å²) in [5.74, 6) is 0. The lowest BCUT2D eigenvalue weighted by Crippen LogP contribution is -2.32. The normalized spacial score (nSPS) is 15.1. The topological polar surface area (TPSA) is 45.1 Å². The second kappa shape index (κ2) is 6.20. The van der Waals surface area contributed by atoms with Gasteiger partial charge >= 0.3 is 0 Å². The van der Waals surface area contributed by atoms with E-state index in [4.69, 9.17) is 0 Å². The van der Waals surface area contributed by atoms with E-state index in [2.05, 4.69) is 17.2 Å². The maximum atomic E-state index is 10.1. The zero-order valence-corrected chi connectivity index (χ0v) is 10.3. The second-order valence-electron chi connectivity index (χ2n) is 4.10.